The van der Waals surface area contributed by atoms with Crippen molar-refractivity contribution < 1.29 is 13.2 Å². The van der Waals surface area contributed by atoms with Gasteiger partial charge in [0.1, 0.15) is 11.4 Å². The van der Waals surface area contributed by atoms with E-state index in [0.717, 1.165) is 16.5 Å². The van der Waals surface area contributed by atoms with Gasteiger partial charge in [-0.15, -0.1) is 11.3 Å². The summed E-state index contributed by atoms with van der Waals surface area (Å²) >= 11 is 1.68. The number of thiophene rings is 1. The van der Waals surface area contributed by atoms with E-state index in [4.69, 9.17) is 0 Å². The van der Waals surface area contributed by atoms with E-state index in [1.807, 2.05) is 36.3 Å². The van der Waals surface area contributed by atoms with Crippen LogP contribution in [0.4, 0.5) is 13.2 Å². The number of aromatic amines is 1. The Morgan fingerprint density at radius 1 is 1.09 bits per heavy atom. The van der Waals surface area contributed by atoms with Crippen LogP contribution in [-0.2, 0) is 6.18 Å². The summed E-state index contributed by atoms with van der Waals surface area (Å²) in [4.78, 5) is 6.53. The fourth-order valence-corrected chi connectivity index (χ4v) is 2.75. The van der Waals surface area contributed by atoms with Crippen molar-refractivity contribution in [2.24, 2.45) is 0 Å². The molecule has 0 aliphatic heterocycles. The zero-order valence-electron chi connectivity index (χ0n) is 12.1. The van der Waals surface area contributed by atoms with Crippen molar-refractivity contribution in [3.8, 4) is 11.4 Å². The van der Waals surface area contributed by atoms with Crippen molar-refractivity contribution in [1.29, 1.82) is 0 Å². The topological polar surface area (TPSA) is 41.6 Å². The molecular weight excluding hydrogens is 323 g/mol. The monoisotopic (exact) mass is 335 g/mol. The maximum Gasteiger partial charge on any atom is 0.432 e. The maximum absolute atomic E-state index is 12.5. The second-order valence-electron chi connectivity index (χ2n) is 4.92. The zero-order chi connectivity index (χ0) is 16.4. The average molecular weight is 335 g/mol. The van der Waals surface area contributed by atoms with Gasteiger partial charge in [0.05, 0.1) is 5.69 Å². The molecule has 3 nitrogen and oxygen atoms in total. The van der Waals surface area contributed by atoms with Gasteiger partial charge < -0.3 is 0 Å². The van der Waals surface area contributed by atoms with Gasteiger partial charge in [0.2, 0.25) is 0 Å². The Balaban J connectivity index is 1.77. The molecule has 0 fully saturated rings. The van der Waals surface area contributed by atoms with E-state index in [2.05, 4.69) is 10.1 Å². The number of nitrogens with one attached hydrogen (secondary N) is 1. The minimum Gasteiger partial charge on any atom is -0.273 e. The highest BCUT2D eigenvalue weighted by Crippen LogP contribution is 2.29. The minimum absolute atomic E-state index is 0.168. The Hall–Kier alpha value is -2.41. The third kappa shape index (κ3) is 3.68. The Labute approximate surface area is 134 Å². The summed E-state index contributed by atoms with van der Waals surface area (Å²) in [5.41, 5.74) is 0.542. The third-order valence-corrected chi connectivity index (χ3v) is 4.10. The van der Waals surface area contributed by atoms with Gasteiger partial charge >= 0.3 is 6.18 Å². The van der Waals surface area contributed by atoms with Crippen LogP contribution in [0.5, 0.6) is 0 Å². The first-order chi connectivity index (χ1) is 10.9. The van der Waals surface area contributed by atoms with Crippen molar-refractivity contribution in [3.63, 3.8) is 0 Å². The van der Waals surface area contributed by atoms with E-state index in [0.29, 0.717) is 5.69 Å². The molecule has 0 amide bonds. The Morgan fingerprint density at radius 3 is 2.48 bits per heavy atom. The number of aryl methyl sites for hydroxylation is 1. The molecule has 0 unspecified atom stereocenters. The molecule has 3 aromatic heterocycles. The van der Waals surface area contributed by atoms with Crippen LogP contribution in [0.25, 0.3) is 23.5 Å². The molecule has 118 valence electrons. The normalized spacial score (nSPS) is 12.2. The van der Waals surface area contributed by atoms with Crippen molar-refractivity contribution in [1.82, 2.24) is 15.2 Å². The highest BCUT2D eigenvalue weighted by Gasteiger charge is 2.33. The van der Waals surface area contributed by atoms with E-state index < -0.39 is 11.9 Å². The molecule has 3 heterocycles. The third-order valence-electron chi connectivity index (χ3n) is 3.13. The van der Waals surface area contributed by atoms with Crippen molar-refractivity contribution in [2.45, 2.75) is 13.1 Å². The van der Waals surface area contributed by atoms with Crippen LogP contribution in [0.2, 0.25) is 0 Å². The number of alkyl halides is 3. The number of aromatic nitrogens is 3. The number of halogens is 3. The number of hydrogen-bond acceptors (Lipinski definition) is 3. The second-order valence-corrected chi connectivity index (χ2v) is 6.24. The fourth-order valence-electron chi connectivity index (χ4n) is 1.97. The zero-order valence-corrected chi connectivity index (χ0v) is 12.9. The largest absolute Gasteiger partial charge is 0.432 e. The number of pyridine rings is 1. The predicted octanol–water partition coefficient (Wildman–Crippen LogP) is 5.03. The van der Waals surface area contributed by atoms with Crippen LogP contribution in [0.1, 0.15) is 21.0 Å². The first-order valence-electron chi connectivity index (χ1n) is 6.75. The quantitative estimate of drug-likeness (QED) is 0.729. The number of nitrogens with zero attached hydrogens (tertiary/aromatic N) is 2. The van der Waals surface area contributed by atoms with Gasteiger partial charge in [-0.1, -0.05) is 12.1 Å². The lowest BCUT2D eigenvalue weighted by atomic mass is 10.2. The summed E-state index contributed by atoms with van der Waals surface area (Å²) in [6.45, 7) is 2.04. The van der Waals surface area contributed by atoms with Crippen molar-refractivity contribution in [2.75, 3.05) is 0 Å². The molecular formula is C16H12F3N3S. The van der Waals surface area contributed by atoms with E-state index in [-0.39, 0.29) is 5.69 Å². The SMILES string of the molecule is Cc1ccc(/C=C/c2ccc(-c3cc(C(F)(F)F)[nH]n3)nc2)s1. The molecule has 23 heavy (non-hydrogen) atoms. The number of rotatable bonds is 3. The molecule has 0 aliphatic carbocycles. The van der Waals surface area contributed by atoms with Gasteiger partial charge in [-0.2, -0.15) is 18.3 Å². The Kier molecular flexibility index (Phi) is 4.04. The van der Waals surface area contributed by atoms with Gasteiger partial charge in [0.15, 0.2) is 0 Å². The maximum atomic E-state index is 12.5. The van der Waals surface area contributed by atoms with E-state index in [1.54, 1.807) is 29.7 Å². The average Bonchev–Trinajstić information content (AvgIpc) is 3.14. The van der Waals surface area contributed by atoms with Gasteiger partial charge in [-0.3, -0.25) is 10.1 Å². The smallest absolute Gasteiger partial charge is 0.273 e. The van der Waals surface area contributed by atoms with Crippen molar-refractivity contribution >= 4 is 23.5 Å². The molecule has 3 aromatic rings. The summed E-state index contributed by atoms with van der Waals surface area (Å²) in [6, 6.07) is 8.46. The molecule has 0 atom stereocenters. The molecule has 0 bridgehead atoms. The molecule has 0 saturated heterocycles. The number of hydrogen-bond donors (Lipinski definition) is 1. The highest BCUT2D eigenvalue weighted by molar-refractivity contribution is 7.12. The number of H-pyrrole nitrogens is 1. The summed E-state index contributed by atoms with van der Waals surface area (Å²) in [5.74, 6) is 0. The summed E-state index contributed by atoms with van der Waals surface area (Å²) < 4.78 is 37.6. The summed E-state index contributed by atoms with van der Waals surface area (Å²) in [7, 11) is 0. The lowest BCUT2D eigenvalue weighted by Gasteiger charge is -2.00. The molecule has 3 rings (SSSR count). The van der Waals surface area contributed by atoms with E-state index >= 15 is 0 Å². The van der Waals surface area contributed by atoms with Crippen LogP contribution < -0.4 is 0 Å². The minimum atomic E-state index is -4.44. The van der Waals surface area contributed by atoms with Crippen LogP contribution in [0.3, 0.4) is 0 Å². The molecule has 0 radical (unpaired) electrons. The van der Waals surface area contributed by atoms with Crippen LogP contribution in [0, 0.1) is 6.92 Å². The van der Waals surface area contributed by atoms with Crippen LogP contribution >= 0.6 is 11.3 Å². The first-order valence-corrected chi connectivity index (χ1v) is 7.57. The summed E-state index contributed by atoms with van der Waals surface area (Å²) in [6.07, 6.45) is 1.05. The van der Waals surface area contributed by atoms with E-state index in [9.17, 15) is 13.2 Å². The molecule has 0 saturated carbocycles. The molecule has 1 N–H and O–H groups in total. The van der Waals surface area contributed by atoms with Gasteiger partial charge in [-0.05, 0) is 42.8 Å². The van der Waals surface area contributed by atoms with Gasteiger partial charge in [0, 0.05) is 16.0 Å². The molecule has 0 aliphatic rings. The molecule has 0 spiro atoms. The van der Waals surface area contributed by atoms with Gasteiger partial charge in [0.25, 0.3) is 0 Å². The highest BCUT2D eigenvalue weighted by atomic mass is 32.1. The lowest BCUT2D eigenvalue weighted by Crippen LogP contribution is -2.04. The van der Waals surface area contributed by atoms with Crippen LogP contribution in [0.15, 0.2) is 36.5 Å². The predicted molar refractivity (Wildman–Crippen MR) is 84.8 cm³/mol. The van der Waals surface area contributed by atoms with Crippen molar-refractivity contribution in [3.05, 3.63) is 57.5 Å². The summed E-state index contributed by atoms with van der Waals surface area (Å²) in [5, 5.41) is 5.64. The van der Waals surface area contributed by atoms with E-state index in [1.165, 1.54) is 4.88 Å². The first kappa shape index (κ1) is 15.5. The fraction of sp³-hybridized carbons (Fsp3) is 0.125. The second kappa shape index (κ2) is 6.00. The van der Waals surface area contributed by atoms with Gasteiger partial charge in [-0.25, -0.2) is 0 Å². The Morgan fingerprint density at radius 2 is 1.91 bits per heavy atom. The van der Waals surface area contributed by atoms with Crippen LogP contribution in [-0.4, -0.2) is 15.2 Å². The molecule has 0 aromatic carbocycles. The lowest BCUT2D eigenvalue weighted by molar-refractivity contribution is -0.141. The Bertz CT molecular complexity index is 829. The molecule has 7 heteroatoms. The standard InChI is InChI=1S/C16H12F3N3S/c1-10-2-5-12(23-10)6-3-11-4-7-13(20-9-11)14-8-15(22-21-14)16(17,18)19/h2-9H,1H3,(H,21,22)/b6-3+.